The Morgan fingerprint density at radius 2 is 2.25 bits per heavy atom. The first kappa shape index (κ1) is 25.7. The van der Waals surface area contributed by atoms with Gasteiger partial charge in [-0.25, -0.2) is 15.4 Å². The van der Waals surface area contributed by atoms with Crippen LogP contribution in [0.15, 0.2) is 67.8 Å². The molecule has 0 aromatic carbocycles. The Balaban J connectivity index is 2.23. The Bertz CT molecular complexity index is 870. The number of hydrogen-bond donors (Lipinski definition) is 4. The minimum atomic E-state index is -0.412. The predicted molar refractivity (Wildman–Crippen MR) is 135 cm³/mol. The number of nitrogens with two attached hydrogens (primary N) is 1. The molecular formula is C23H36FN7S. The van der Waals surface area contributed by atoms with Gasteiger partial charge in [-0.05, 0) is 51.5 Å². The quantitative estimate of drug-likeness (QED) is 0.233. The molecule has 5 N–H and O–H groups in total. The molecule has 32 heavy (non-hydrogen) atoms. The average molecular weight is 462 g/mol. The smallest absolute Gasteiger partial charge is 0.208 e. The van der Waals surface area contributed by atoms with Crippen molar-refractivity contribution in [1.82, 2.24) is 21.1 Å². The van der Waals surface area contributed by atoms with Crippen LogP contribution in [0.1, 0.15) is 46.5 Å². The lowest BCUT2D eigenvalue weighted by Gasteiger charge is -2.33. The number of thioether (sulfide) groups is 1. The SMILES string of the molecule is C=C(NC1=NC(C[C@H]2C=NC(F)=CCC2)NC(N(C)NC)=C1C)/C(=C/C)S/C(N)=C\CC. The summed E-state index contributed by atoms with van der Waals surface area (Å²) in [5, 5.41) is 9.54. The van der Waals surface area contributed by atoms with Crippen molar-refractivity contribution >= 4 is 23.8 Å². The van der Waals surface area contributed by atoms with Crippen molar-refractivity contribution in [3.63, 3.8) is 0 Å². The van der Waals surface area contributed by atoms with Crippen molar-refractivity contribution in [1.29, 1.82) is 0 Å². The van der Waals surface area contributed by atoms with Crippen LogP contribution in [0.4, 0.5) is 4.39 Å². The summed E-state index contributed by atoms with van der Waals surface area (Å²) >= 11 is 1.48. The molecule has 1 unspecified atom stereocenters. The number of rotatable bonds is 9. The lowest BCUT2D eigenvalue weighted by atomic mass is 9.99. The fraction of sp³-hybridized carbons (Fsp3) is 0.478. The lowest BCUT2D eigenvalue weighted by Crippen LogP contribution is -2.47. The molecule has 2 heterocycles. The predicted octanol–water partition coefficient (Wildman–Crippen LogP) is 4.24. The third-order valence-electron chi connectivity index (χ3n) is 5.22. The van der Waals surface area contributed by atoms with Crippen LogP contribution < -0.4 is 21.8 Å². The number of nitrogens with one attached hydrogen (secondary N) is 3. The highest BCUT2D eigenvalue weighted by atomic mass is 32.2. The number of hydrogen-bond acceptors (Lipinski definition) is 8. The van der Waals surface area contributed by atoms with E-state index in [9.17, 15) is 4.39 Å². The van der Waals surface area contributed by atoms with E-state index in [2.05, 4.69) is 34.6 Å². The maximum atomic E-state index is 13.5. The Kier molecular flexibility index (Phi) is 10.1. The number of nitrogens with zero attached hydrogens (tertiary/aromatic N) is 3. The minimum absolute atomic E-state index is 0.130. The zero-order valence-electron chi connectivity index (χ0n) is 19.7. The fourth-order valence-electron chi connectivity index (χ4n) is 3.42. The van der Waals surface area contributed by atoms with Crippen LogP contribution >= 0.6 is 11.8 Å². The van der Waals surface area contributed by atoms with Crippen molar-refractivity contribution < 1.29 is 4.39 Å². The molecule has 2 rings (SSSR count). The average Bonchev–Trinajstić information content (AvgIpc) is 2.97. The topological polar surface area (TPSA) is 90.1 Å². The van der Waals surface area contributed by atoms with Gasteiger partial charge in [0.15, 0.2) is 0 Å². The summed E-state index contributed by atoms with van der Waals surface area (Å²) in [6.07, 6.45) is 10.1. The molecule has 0 saturated heterocycles. The molecule has 0 amide bonds. The maximum Gasteiger partial charge on any atom is 0.208 e. The van der Waals surface area contributed by atoms with Crippen LogP contribution in [0.2, 0.25) is 0 Å². The molecule has 7 nitrogen and oxygen atoms in total. The standard InChI is InChI=1S/C23H36FN7S/c1-7-10-20(25)32-18(8-2)16(4)28-22-15(3)23(31(6)26-5)30-21(29-22)13-17-11-9-12-19(24)27-14-17/h8,10,12,14,17,21,26,30H,4,7,9,11,13,25H2,1-3,5-6H3,(H,28,29)/b18-8-,20-10-/t17-,21?/m0/s1. The third kappa shape index (κ3) is 7.27. The molecular weight excluding hydrogens is 425 g/mol. The molecule has 176 valence electrons. The monoisotopic (exact) mass is 461 g/mol. The second kappa shape index (κ2) is 12.5. The summed E-state index contributed by atoms with van der Waals surface area (Å²) in [6.45, 7) is 10.2. The van der Waals surface area contributed by atoms with Crippen molar-refractivity contribution in [2.45, 2.75) is 52.6 Å². The zero-order chi connectivity index (χ0) is 23.7. The van der Waals surface area contributed by atoms with E-state index >= 15 is 0 Å². The second-order valence-corrected chi connectivity index (χ2v) is 8.76. The largest absolute Gasteiger partial charge is 0.394 e. The van der Waals surface area contributed by atoms with Crippen molar-refractivity contribution in [3.05, 3.63) is 57.8 Å². The molecule has 2 aliphatic heterocycles. The number of amidine groups is 1. The highest BCUT2D eigenvalue weighted by Gasteiger charge is 2.25. The van der Waals surface area contributed by atoms with Gasteiger partial charge in [-0.15, -0.1) is 0 Å². The fourth-order valence-corrected chi connectivity index (χ4v) is 4.21. The van der Waals surface area contributed by atoms with Gasteiger partial charge < -0.3 is 16.4 Å². The van der Waals surface area contributed by atoms with E-state index in [4.69, 9.17) is 10.7 Å². The summed E-state index contributed by atoms with van der Waals surface area (Å²) in [5.41, 5.74) is 10.9. The van der Waals surface area contributed by atoms with Gasteiger partial charge in [0.25, 0.3) is 0 Å². The van der Waals surface area contributed by atoms with E-state index in [0.717, 1.165) is 45.7 Å². The molecule has 0 aliphatic carbocycles. The van der Waals surface area contributed by atoms with Crippen LogP contribution in [-0.2, 0) is 0 Å². The van der Waals surface area contributed by atoms with Gasteiger partial charge in [0.05, 0.1) is 5.03 Å². The first-order valence-corrected chi connectivity index (χ1v) is 11.7. The molecule has 2 atom stereocenters. The van der Waals surface area contributed by atoms with E-state index in [1.807, 2.05) is 45.1 Å². The van der Waals surface area contributed by atoms with Gasteiger partial charge in [-0.2, -0.15) is 4.39 Å². The normalized spacial score (nSPS) is 22.1. The van der Waals surface area contributed by atoms with Gasteiger partial charge in [0.2, 0.25) is 5.95 Å². The summed E-state index contributed by atoms with van der Waals surface area (Å²) in [5.74, 6) is 1.37. The van der Waals surface area contributed by atoms with Crippen molar-refractivity contribution in [2.75, 3.05) is 14.1 Å². The van der Waals surface area contributed by atoms with Gasteiger partial charge in [0, 0.05) is 36.5 Å². The number of allylic oxidation sites excluding steroid dienone is 3. The van der Waals surface area contributed by atoms with E-state index in [0.29, 0.717) is 12.8 Å². The highest BCUT2D eigenvalue weighted by Crippen LogP contribution is 2.28. The van der Waals surface area contributed by atoms with Crippen LogP contribution in [0.25, 0.3) is 0 Å². The number of aliphatic imine (C=N–C) groups is 2. The van der Waals surface area contributed by atoms with E-state index < -0.39 is 5.95 Å². The Hall–Kier alpha value is -2.52. The summed E-state index contributed by atoms with van der Waals surface area (Å²) < 4.78 is 13.5. The molecule has 0 fully saturated rings. The Morgan fingerprint density at radius 3 is 2.91 bits per heavy atom. The summed E-state index contributed by atoms with van der Waals surface area (Å²) in [4.78, 5) is 9.76. The van der Waals surface area contributed by atoms with E-state index in [1.54, 1.807) is 6.21 Å². The molecule has 9 heteroatoms. The molecule has 2 aliphatic rings. The third-order valence-corrected chi connectivity index (χ3v) is 6.32. The number of hydrazine groups is 1. The minimum Gasteiger partial charge on any atom is -0.394 e. The van der Waals surface area contributed by atoms with Crippen LogP contribution in [-0.4, -0.2) is 37.3 Å². The molecule has 0 saturated carbocycles. The second-order valence-electron chi connectivity index (χ2n) is 7.65. The Labute approximate surface area is 195 Å². The van der Waals surface area contributed by atoms with Gasteiger partial charge in [-0.1, -0.05) is 37.4 Å². The molecule has 0 bridgehead atoms. The zero-order valence-corrected chi connectivity index (χ0v) is 20.5. The van der Waals surface area contributed by atoms with Crippen molar-refractivity contribution in [2.24, 2.45) is 21.6 Å². The van der Waals surface area contributed by atoms with Gasteiger partial charge in [0.1, 0.15) is 17.8 Å². The lowest BCUT2D eigenvalue weighted by molar-refractivity contribution is 0.284. The van der Waals surface area contributed by atoms with Crippen molar-refractivity contribution in [3.8, 4) is 0 Å². The first-order chi connectivity index (χ1) is 15.3. The van der Waals surface area contributed by atoms with Crippen LogP contribution in [0.5, 0.6) is 0 Å². The highest BCUT2D eigenvalue weighted by molar-refractivity contribution is 8.06. The maximum absolute atomic E-state index is 13.5. The molecule has 0 aromatic heterocycles. The first-order valence-electron chi connectivity index (χ1n) is 10.9. The molecule has 0 radical (unpaired) electrons. The molecule has 0 aromatic rings. The summed E-state index contributed by atoms with van der Waals surface area (Å²) in [7, 11) is 3.80. The van der Waals surface area contributed by atoms with E-state index in [-0.39, 0.29) is 12.1 Å². The van der Waals surface area contributed by atoms with E-state index in [1.165, 1.54) is 17.8 Å². The van der Waals surface area contributed by atoms with Gasteiger partial charge in [-0.3, -0.25) is 5.01 Å². The number of halogens is 1. The van der Waals surface area contributed by atoms with Gasteiger partial charge >= 0.3 is 0 Å². The van der Waals surface area contributed by atoms with Crippen LogP contribution in [0, 0.1) is 5.92 Å². The summed E-state index contributed by atoms with van der Waals surface area (Å²) in [6, 6.07) is 0. The molecule has 0 spiro atoms. The Morgan fingerprint density at radius 1 is 1.50 bits per heavy atom. The van der Waals surface area contributed by atoms with Crippen LogP contribution in [0.3, 0.4) is 0 Å².